The Morgan fingerprint density at radius 2 is 1.67 bits per heavy atom. The number of Topliss-reactive ketones (excluding diaryl/α,β-unsaturated/α-hetero) is 1. The lowest BCUT2D eigenvalue weighted by Crippen LogP contribution is -2.29. The first-order valence-corrected chi connectivity index (χ1v) is 12.3. The number of rotatable bonds is 9. The summed E-state index contributed by atoms with van der Waals surface area (Å²) in [7, 11) is 3.06. The van der Waals surface area contributed by atoms with Gasteiger partial charge in [-0.3, -0.25) is 9.59 Å². The molecule has 1 aliphatic heterocycles. The summed E-state index contributed by atoms with van der Waals surface area (Å²) < 4.78 is 22.3. The second-order valence-electron chi connectivity index (χ2n) is 8.92. The third-order valence-electron chi connectivity index (χ3n) is 6.55. The zero-order chi connectivity index (χ0) is 27.4. The van der Waals surface area contributed by atoms with Gasteiger partial charge in [0, 0.05) is 5.56 Å². The minimum Gasteiger partial charge on any atom is -0.507 e. The summed E-state index contributed by atoms with van der Waals surface area (Å²) in [5, 5.41) is 11.3. The summed E-state index contributed by atoms with van der Waals surface area (Å²) in [6.07, 6.45) is 1.50. The monoisotopic (exact) mass is 525 g/mol. The largest absolute Gasteiger partial charge is 0.507 e. The standard InChI is InChI=1S/C31H27NO7/c1-36-23-13-10-21(11-14-23)29(33)27-28(32(31(35)30(27)34)18-24-9-6-16-38-24)22-12-15-25(26(17-22)37-2)39-19-20-7-4-3-5-8-20/h3-17,28,33H,18-19H2,1-2H3/b29-27+. The zero-order valence-corrected chi connectivity index (χ0v) is 21.5. The van der Waals surface area contributed by atoms with Gasteiger partial charge in [0.25, 0.3) is 11.7 Å². The highest BCUT2D eigenvalue weighted by Gasteiger charge is 2.46. The molecule has 39 heavy (non-hydrogen) atoms. The van der Waals surface area contributed by atoms with Crippen molar-refractivity contribution in [3.63, 3.8) is 0 Å². The minimum absolute atomic E-state index is 0.0308. The van der Waals surface area contributed by atoms with E-state index in [4.69, 9.17) is 18.6 Å². The molecule has 0 radical (unpaired) electrons. The summed E-state index contributed by atoms with van der Waals surface area (Å²) in [4.78, 5) is 28.0. The van der Waals surface area contributed by atoms with Crippen molar-refractivity contribution in [3.05, 3.63) is 119 Å². The van der Waals surface area contributed by atoms with E-state index < -0.39 is 17.7 Å². The number of methoxy groups -OCH3 is 2. The average Bonchev–Trinajstić information content (AvgIpc) is 3.58. The Hall–Kier alpha value is -4.98. The van der Waals surface area contributed by atoms with Crippen LogP contribution in [0.1, 0.15) is 28.5 Å². The molecule has 5 rings (SSSR count). The zero-order valence-electron chi connectivity index (χ0n) is 21.5. The Bertz CT molecular complexity index is 1490. The summed E-state index contributed by atoms with van der Waals surface area (Å²) in [6.45, 7) is 0.376. The van der Waals surface area contributed by atoms with Crippen LogP contribution in [0.5, 0.6) is 17.2 Å². The smallest absolute Gasteiger partial charge is 0.296 e. The predicted molar refractivity (Wildman–Crippen MR) is 143 cm³/mol. The number of hydrogen-bond acceptors (Lipinski definition) is 7. The molecular weight excluding hydrogens is 498 g/mol. The van der Waals surface area contributed by atoms with Gasteiger partial charge in [-0.15, -0.1) is 0 Å². The number of ketones is 1. The van der Waals surface area contributed by atoms with Crippen LogP contribution >= 0.6 is 0 Å². The van der Waals surface area contributed by atoms with Crippen molar-refractivity contribution in [3.8, 4) is 17.2 Å². The van der Waals surface area contributed by atoms with Crippen molar-refractivity contribution >= 4 is 17.4 Å². The van der Waals surface area contributed by atoms with Gasteiger partial charge in [0.2, 0.25) is 0 Å². The van der Waals surface area contributed by atoms with E-state index in [9.17, 15) is 14.7 Å². The van der Waals surface area contributed by atoms with Crippen LogP contribution in [-0.2, 0) is 22.7 Å². The molecule has 1 aliphatic rings. The third kappa shape index (κ3) is 5.22. The number of likely N-dealkylation sites (tertiary alicyclic amines) is 1. The Balaban J connectivity index is 1.56. The number of hydrogen-bond donors (Lipinski definition) is 1. The van der Waals surface area contributed by atoms with Crippen molar-refractivity contribution in [1.29, 1.82) is 0 Å². The number of furan rings is 1. The lowest BCUT2D eigenvalue weighted by Gasteiger charge is -2.25. The van der Waals surface area contributed by atoms with Gasteiger partial charge in [0.05, 0.1) is 38.6 Å². The number of ether oxygens (including phenoxy) is 3. The van der Waals surface area contributed by atoms with E-state index >= 15 is 0 Å². The second kappa shape index (κ2) is 11.2. The van der Waals surface area contributed by atoms with E-state index in [2.05, 4.69) is 0 Å². The van der Waals surface area contributed by atoms with E-state index in [1.807, 2.05) is 30.3 Å². The van der Waals surface area contributed by atoms with Gasteiger partial charge in [-0.25, -0.2) is 0 Å². The molecule has 2 heterocycles. The van der Waals surface area contributed by atoms with Gasteiger partial charge >= 0.3 is 0 Å². The number of amides is 1. The van der Waals surface area contributed by atoms with E-state index in [-0.39, 0.29) is 17.9 Å². The highest BCUT2D eigenvalue weighted by atomic mass is 16.5. The van der Waals surface area contributed by atoms with Crippen LogP contribution in [0.25, 0.3) is 5.76 Å². The molecule has 0 bridgehead atoms. The molecule has 0 aliphatic carbocycles. The van der Waals surface area contributed by atoms with Crippen molar-refractivity contribution in [1.82, 2.24) is 4.90 Å². The molecular formula is C31H27NO7. The van der Waals surface area contributed by atoms with E-state index in [1.165, 1.54) is 25.4 Å². The molecule has 1 amide bonds. The van der Waals surface area contributed by atoms with Gasteiger partial charge in [0.15, 0.2) is 11.5 Å². The van der Waals surface area contributed by atoms with E-state index in [0.717, 1.165) is 5.56 Å². The van der Waals surface area contributed by atoms with Crippen LogP contribution in [0, 0.1) is 0 Å². The summed E-state index contributed by atoms with van der Waals surface area (Å²) >= 11 is 0. The number of aliphatic hydroxyl groups is 1. The average molecular weight is 526 g/mol. The maximum Gasteiger partial charge on any atom is 0.296 e. The van der Waals surface area contributed by atoms with Gasteiger partial charge in [0.1, 0.15) is 23.9 Å². The Morgan fingerprint density at radius 1 is 0.897 bits per heavy atom. The van der Waals surface area contributed by atoms with Crippen molar-refractivity contribution in [2.24, 2.45) is 0 Å². The molecule has 3 aromatic carbocycles. The molecule has 4 aromatic rings. The molecule has 1 N–H and O–H groups in total. The van der Waals surface area contributed by atoms with Crippen LogP contribution in [0.3, 0.4) is 0 Å². The highest BCUT2D eigenvalue weighted by molar-refractivity contribution is 6.46. The fraction of sp³-hybridized carbons (Fsp3) is 0.161. The Morgan fingerprint density at radius 3 is 2.33 bits per heavy atom. The number of nitrogens with zero attached hydrogens (tertiary/aromatic N) is 1. The molecule has 1 aromatic heterocycles. The normalized spacial score (nSPS) is 16.4. The number of aliphatic hydroxyl groups excluding tert-OH is 1. The maximum absolute atomic E-state index is 13.3. The van der Waals surface area contributed by atoms with Gasteiger partial charge in [-0.2, -0.15) is 0 Å². The van der Waals surface area contributed by atoms with Crippen LogP contribution in [0.15, 0.2) is 101 Å². The van der Waals surface area contributed by atoms with Crippen LogP contribution in [0.2, 0.25) is 0 Å². The van der Waals surface area contributed by atoms with Gasteiger partial charge < -0.3 is 28.6 Å². The van der Waals surface area contributed by atoms with Crippen LogP contribution in [0.4, 0.5) is 0 Å². The molecule has 1 fully saturated rings. The summed E-state index contributed by atoms with van der Waals surface area (Å²) in [5.41, 5.74) is 1.91. The molecule has 1 saturated heterocycles. The second-order valence-corrected chi connectivity index (χ2v) is 8.92. The highest BCUT2D eigenvalue weighted by Crippen LogP contribution is 2.43. The third-order valence-corrected chi connectivity index (χ3v) is 6.55. The maximum atomic E-state index is 13.3. The summed E-state index contributed by atoms with van der Waals surface area (Å²) in [6, 6.07) is 24.1. The number of carbonyl (C=O) groups is 2. The molecule has 8 heteroatoms. The van der Waals surface area contributed by atoms with E-state index in [0.29, 0.717) is 40.7 Å². The van der Waals surface area contributed by atoms with Crippen molar-refractivity contribution in [2.75, 3.05) is 14.2 Å². The predicted octanol–water partition coefficient (Wildman–Crippen LogP) is 5.50. The van der Waals surface area contributed by atoms with Crippen LogP contribution < -0.4 is 14.2 Å². The topological polar surface area (TPSA) is 98.4 Å². The van der Waals surface area contributed by atoms with Gasteiger partial charge in [-0.1, -0.05) is 36.4 Å². The number of benzene rings is 3. The fourth-order valence-electron chi connectivity index (χ4n) is 4.57. The first-order valence-electron chi connectivity index (χ1n) is 12.3. The molecule has 0 spiro atoms. The fourth-order valence-corrected chi connectivity index (χ4v) is 4.57. The first-order chi connectivity index (χ1) is 19.0. The van der Waals surface area contributed by atoms with Crippen molar-refractivity contribution in [2.45, 2.75) is 19.2 Å². The Kier molecular flexibility index (Phi) is 7.36. The molecule has 8 nitrogen and oxygen atoms in total. The van der Waals surface area contributed by atoms with Gasteiger partial charge in [-0.05, 0) is 59.7 Å². The first kappa shape index (κ1) is 25.7. The molecule has 1 atom stereocenters. The number of carbonyl (C=O) groups excluding carboxylic acids is 2. The minimum atomic E-state index is -0.894. The summed E-state index contributed by atoms with van der Waals surface area (Å²) in [5.74, 6) is 0.211. The molecule has 0 saturated carbocycles. The van der Waals surface area contributed by atoms with Crippen molar-refractivity contribution < 1.29 is 33.3 Å². The molecule has 1 unspecified atom stereocenters. The Labute approximate surface area is 225 Å². The lowest BCUT2D eigenvalue weighted by atomic mass is 9.95. The molecule has 198 valence electrons. The quantitative estimate of drug-likeness (QED) is 0.175. The van der Waals surface area contributed by atoms with E-state index in [1.54, 1.807) is 54.6 Å². The SMILES string of the molecule is COc1ccc(/C(O)=C2\C(=O)C(=O)N(Cc3ccco3)C2c2ccc(OCc3ccccc3)c(OC)c2)cc1. The lowest BCUT2D eigenvalue weighted by molar-refractivity contribution is -0.140. The van der Waals surface area contributed by atoms with Crippen LogP contribution in [-0.4, -0.2) is 35.9 Å².